The topological polar surface area (TPSA) is 75.3 Å². The lowest BCUT2D eigenvalue weighted by atomic mass is 9.86. The standard InChI is InChI=1S/C16H26N2O2.ClH/c1-16(2,3)13-8-6-12(7-9-13)14(19)11-18-15(20)5-4-10-17;/h6-9,14,19H,4-5,10-11,17H2,1-3H3,(H,18,20);1H. The lowest BCUT2D eigenvalue weighted by Crippen LogP contribution is -2.28. The molecule has 0 aliphatic carbocycles. The molecule has 1 aromatic rings. The summed E-state index contributed by atoms with van der Waals surface area (Å²) in [6.07, 6.45) is 0.403. The molecule has 120 valence electrons. The molecule has 4 nitrogen and oxygen atoms in total. The van der Waals surface area contributed by atoms with Gasteiger partial charge < -0.3 is 16.2 Å². The third kappa shape index (κ3) is 6.93. The van der Waals surface area contributed by atoms with Crippen LogP contribution < -0.4 is 11.1 Å². The highest BCUT2D eigenvalue weighted by Crippen LogP contribution is 2.23. The Morgan fingerprint density at radius 2 is 1.86 bits per heavy atom. The molecule has 0 aliphatic rings. The van der Waals surface area contributed by atoms with Gasteiger partial charge in [-0.2, -0.15) is 0 Å². The minimum atomic E-state index is -0.675. The molecular formula is C16H27ClN2O2. The quantitative estimate of drug-likeness (QED) is 0.754. The van der Waals surface area contributed by atoms with Crippen LogP contribution in [0.5, 0.6) is 0 Å². The molecule has 21 heavy (non-hydrogen) atoms. The molecule has 0 aromatic heterocycles. The maximum absolute atomic E-state index is 11.4. The zero-order valence-electron chi connectivity index (χ0n) is 13.1. The number of halogens is 1. The normalized spacial score (nSPS) is 12.4. The van der Waals surface area contributed by atoms with E-state index in [-0.39, 0.29) is 30.3 Å². The van der Waals surface area contributed by atoms with Crippen molar-refractivity contribution in [3.63, 3.8) is 0 Å². The average molecular weight is 315 g/mol. The Hall–Kier alpha value is -1.10. The molecular weight excluding hydrogens is 288 g/mol. The summed E-state index contributed by atoms with van der Waals surface area (Å²) >= 11 is 0. The van der Waals surface area contributed by atoms with Crippen LogP contribution in [0.4, 0.5) is 0 Å². The van der Waals surface area contributed by atoms with Crippen LogP contribution in [0.3, 0.4) is 0 Å². The van der Waals surface area contributed by atoms with Gasteiger partial charge in [0.2, 0.25) is 5.91 Å². The van der Waals surface area contributed by atoms with Gasteiger partial charge >= 0.3 is 0 Å². The Morgan fingerprint density at radius 3 is 2.33 bits per heavy atom. The molecule has 1 rings (SSSR count). The lowest BCUT2D eigenvalue weighted by Gasteiger charge is -2.20. The fourth-order valence-corrected chi connectivity index (χ4v) is 1.88. The van der Waals surface area contributed by atoms with E-state index in [9.17, 15) is 9.90 Å². The number of aliphatic hydroxyl groups is 1. The molecule has 0 saturated carbocycles. The van der Waals surface area contributed by atoms with Gasteiger partial charge in [-0.3, -0.25) is 4.79 Å². The minimum Gasteiger partial charge on any atom is -0.387 e. The first-order valence-electron chi connectivity index (χ1n) is 7.10. The zero-order valence-corrected chi connectivity index (χ0v) is 13.9. The van der Waals surface area contributed by atoms with Gasteiger partial charge in [0, 0.05) is 13.0 Å². The van der Waals surface area contributed by atoms with Gasteiger partial charge in [0.05, 0.1) is 6.10 Å². The van der Waals surface area contributed by atoms with Gasteiger partial charge in [-0.1, -0.05) is 45.0 Å². The van der Waals surface area contributed by atoms with E-state index in [0.29, 0.717) is 19.4 Å². The SMILES string of the molecule is CC(C)(C)c1ccc(C(O)CNC(=O)CCCN)cc1.Cl. The van der Waals surface area contributed by atoms with Gasteiger partial charge in [0.15, 0.2) is 0 Å². The van der Waals surface area contributed by atoms with Crippen LogP contribution in [0.2, 0.25) is 0 Å². The highest BCUT2D eigenvalue weighted by Gasteiger charge is 2.14. The van der Waals surface area contributed by atoms with Gasteiger partial charge in [-0.25, -0.2) is 0 Å². The molecule has 0 bridgehead atoms. The number of benzene rings is 1. The maximum atomic E-state index is 11.4. The molecule has 0 fully saturated rings. The van der Waals surface area contributed by atoms with Crippen LogP contribution in [0.25, 0.3) is 0 Å². The highest BCUT2D eigenvalue weighted by molar-refractivity contribution is 5.85. The van der Waals surface area contributed by atoms with Crippen molar-refractivity contribution in [2.24, 2.45) is 5.73 Å². The summed E-state index contributed by atoms with van der Waals surface area (Å²) in [6, 6.07) is 7.87. The molecule has 1 atom stereocenters. The Morgan fingerprint density at radius 1 is 1.29 bits per heavy atom. The molecule has 0 heterocycles. The van der Waals surface area contributed by atoms with Crippen molar-refractivity contribution in [1.29, 1.82) is 0 Å². The summed E-state index contributed by atoms with van der Waals surface area (Å²) in [5.41, 5.74) is 7.48. The summed E-state index contributed by atoms with van der Waals surface area (Å²) in [7, 11) is 0. The second-order valence-corrected chi connectivity index (χ2v) is 6.08. The summed E-state index contributed by atoms with van der Waals surface area (Å²) < 4.78 is 0. The number of hydrogen-bond acceptors (Lipinski definition) is 3. The molecule has 0 spiro atoms. The van der Waals surface area contributed by atoms with Gasteiger partial charge in [-0.05, 0) is 29.5 Å². The third-order valence-corrected chi connectivity index (χ3v) is 3.26. The number of hydrogen-bond donors (Lipinski definition) is 3. The second-order valence-electron chi connectivity index (χ2n) is 6.08. The van der Waals surface area contributed by atoms with E-state index in [2.05, 4.69) is 26.1 Å². The van der Waals surface area contributed by atoms with Crippen molar-refractivity contribution in [3.8, 4) is 0 Å². The van der Waals surface area contributed by atoms with E-state index in [0.717, 1.165) is 5.56 Å². The molecule has 0 aliphatic heterocycles. The van der Waals surface area contributed by atoms with Crippen LogP contribution >= 0.6 is 12.4 Å². The van der Waals surface area contributed by atoms with Crippen molar-refractivity contribution >= 4 is 18.3 Å². The molecule has 0 radical (unpaired) electrons. The Kier molecular flexibility index (Phi) is 8.55. The second kappa shape index (κ2) is 9.03. The Labute approximate surface area is 133 Å². The summed E-state index contributed by atoms with van der Waals surface area (Å²) in [5.74, 6) is -0.0687. The number of carbonyl (C=O) groups excluding carboxylic acids is 1. The van der Waals surface area contributed by atoms with Crippen molar-refractivity contribution in [2.45, 2.75) is 45.1 Å². The van der Waals surface area contributed by atoms with Crippen LogP contribution in [-0.2, 0) is 10.2 Å². The first-order valence-corrected chi connectivity index (χ1v) is 7.10. The number of rotatable bonds is 6. The van der Waals surface area contributed by atoms with Gasteiger partial charge in [0.1, 0.15) is 0 Å². The fraction of sp³-hybridized carbons (Fsp3) is 0.562. The van der Waals surface area contributed by atoms with Crippen molar-refractivity contribution in [3.05, 3.63) is 35.4 Å². The lowest BCUT2D eigenvalue weighted by molar-refractivity contribution is -0.121. The number of amides is 1. The first-order chi connectivity index (χ1) is 9.34. The minimum absolute atomic E-state index is 0. The van der Waals surface area contributed by atoms with E-state index >= 15 is 0 Å². The van der Waals surface area contributed by atoms with E-state index < -0.39 is 6.10 Å². The monoisotopic (exact) mass is 314 g/mol. The van der Waals surface area contributed by atoms with E-state index in [1.807, 2.05) is 24.3 Å². The maximum Gasteiger partial charge on any atom is 0.220 e. The first kappa shape index (κ1) is 19.9. The summed E-state index contributed by atoms with van der Waals surface area (Å²) in [6.45, 7) is 7.19. The number of nitrogens with one attached hydrogen (secondary N) is 1. The largest absolute Gasteiger partial charge is 0.387 e. The molecule has 0 saturated heterocycles. The smallest absolute Gasteiger partial charge is 0.220 e. The third-order valence-electron chi connectivity index (χ3n) is 3.26. The molecule has 5 heteroatoms. The van der Waals surface area contributed by atoms with E-state index in [1.165, 1.54) is 5.56 Å². The number of carbonyl (C=O) groups is 1. The predicted octanol–water partition coefficient (Wildman–Crippen LogP) is 2.29. The van der Waals surface area contributed by atoms with Crippen LogP contribution in [-0.4, -0.2) is 24.1 Å². The van der Waals surface area contributed by atoms with Crippen LogP contribution in [0.1, 0.15) is 50.8 Å². The van der Waals surface area contributed by atoms with E-state index in [4.69, 9.17) is 5.73 Å². The van der Waals surface area contributed by atoms with Crippen molar-refractivity contribution in [2.75, 3.05) is 13.1 Å². The van der Waals surface area contributed by atoms with Crippen molar-refractivity contribution < 1.29 is 9.90 Å². The zero-order chi connectivity index (χ0) is 15.2. The molecule has 4 N–H and O–H groups in total. The molecule has 1 aromatic carbocycles. The summed E-state index contributed by atoms with van der Waals surface area (Å²) in [5, 5.41) is 12.8. The fourth-order valence-electron chi connectivity index (χ4n) is 1.88. The van der Waals surface area contributed by atoms with E-state index in [1.54, 1.807) is 0 Å². The highest BCUT2D eigenvalue weighted by atomic mass is 35.5. The Bertz CT molecular complexity index is 427. The Balaban J connectivity index is 0.00000400. The van der Waals surface area contributed by atoms with Crippen LogP contribution in [0, 0.1) is 0 Å². The molecule has 1 amide bonds. The predicted molar refractivity (Wildman–Crippen MR) is 88.6 cm³/mol. The molecule has 1 unspecified atom stereocenters. The number of aliphatic hydroxyl groups excluding tert-OH is 1. The summed E-state index contributed by atoms with van der Waals surface area (Å²) in [4.78, 5) is 11.4. The van der Waals surface area contributed by atoms with Gasteiger partial charge in [0.25, 0.3) is 0 Å². The average Bonchev–Trinajstić information content (AvgIpc) is 2.41. The van der Waals surface area contributed by atoms with Crippen molar-refractivity contribution in [1.82, 2.24) is 5.32 Å². The number of nitrogens with two attached hydrogens (primary N) is 1. The van der Waals surface area contributed by atoms with Crippen LogP contribution in [0.15, 0.2) is 24.3 Å². The van der Waals surface area contributed by atoms with Gasteiger partial charge in [-0.15, -0.1) is 12.4 Å².